The molecule has 2 N–H and O–H groups in total. The fourth-order valence-electron chi connectivity index (χ4n) is 5.15. The lowest BCUT2D eigenvalue weighted by Gasteiger charge is -2.14. The molecule has 0 unspecified atom stereocenters. The van der Waals surface area contributed by atoms with Gasteiger partial charge in [0.1, 0.15) is 17.1 Å². The van der Waals surface area contributed by atoms with E-state index in [2.05, 4.69) is 11.4 Å². The zero-order chi connectivity index (χ0) is 28.1. The number of furan rings is 1. The number of carbonyl (C=O) groups is 2. The molecule has 204 valence electrons. The number of carbonyl (C=O) groups excluding carboxylic acids is 1. The van der Waals surface area contributed by atoms with Crippen molar-refractivity contribution in [3.8, 4) is 21.8 Å². The van der Waals surface area contributed by atoms with Gasteiger partial charge in [0.2, 0.25) is 0 Å². The molecule has 1 aliphatic carbocycles. The van der Waals surface area contributed by atoms with Gasteiger partial charge in [-0.1, -0.05) is 66.7 Å². The lowest BCUT2D eigenvalue weighted by Crippen LogP contribution is -2.17. The quantitative estimate of drug-likeness (QED) is 0.197. The Bertz CT molecular complexity index is 1880. The fourth-order valence-corrected chi connectivity index (χ4v) is 7.79. The van der Waals surface area contributed by atoms with E-state index in [1.54, 1.807) is 22.7 Å². The normalized spacial score (nSPS) is 14.7. The van der Waals surface area contributed by atoms with Gasteiger partial charge >= 0.3 is 12.1 Å². The van der Waals surface area contributed by atoms with Crippen LogP contribution in [-0.2, 0) is 14.9 Å². The molecule has 3 heterocycles. The molecule has 3 aromatic heterocycles. The first-order chi connectivity index (χ1) is 19.9. The van der Waals surface area contributed by atoms with Gasteiger partial charge in [0.15, 0.2) is 5.76 Å². The summed E-state index contributed by atoms with van der Waals surface area (Å²) < 4.78 is 14.1. The van der Waals surface area contributed by atoms with Gasteiger partial charge in [0.05, 0.1) is 5.69 Å². The van der Waals surface area contributed by atoms with E-state index in [0.29, 0.717) is 29.9 Å². The predicted octanol–water partition coefficient (Wildman–Crippen LogP) is 9.47. The van der Waals surface area contributed by atoms with E-state index in [0.717, 1.165) is 41.2 Å². The van der Waals surface area contributed by atoms with E-state index in [4.69, 9.17) is 9.15 Å². The van der Waals surface area contributed by atoms with Crippen LogP contribution in [0.4, 0.5) is 10.5 Å². The summed E-state index contributed by atoms with van der Waals surface area (Å²) in [6, 6.07) is 29.4. The summed E-state index contributed by atoms with van der Waals surface area (Å²) in [6.07, 6.45) is 0.465. The third-order valence-electron chi connectivity index (χ3n) is 7.65. The number of amides is 1. The van der Waals surface area contributed by atoms with Crippen LogP contribution in [0.25, 0.3) is 42.1 Å². The van der Waals surface area contributed by atoms with E-state index in [9.17, 15) is 14.7 Å². The van der Waals surface area contributed by atoms with Crippen molar-refractivity contribution in [2.45, 2.75) is 31.3 Å². The van der Waals surface area contributed by atoms with E-state index in [1.807, 2.05) is 91.9 Å². The van der Waals surface area contributed by atoms with Gasteiger partial charge in [0.25, 0.3) is 0 Å². The average Bonchev–Trinajstić information content (AvgIpc) is 3.38. The van der Waals surface area contributed by atoms with Crippen LogP contribution in [0.1, 0.15) is 36.3 Å². The highest BCUT2D eigenvalue weighted by molar-refractivity contribution is 7.29. The summed E-state index contributed by atoms with van der Waals surface area (Å²) >= 11 is 3.25. The highest BCUT2D eigenvalue weighted by Crippen LogP contribution is 2.53. The van der Waals surface area contributed by atoms with Gasteiger partial charge in [-0.3, -0.25) is 10.1 Å². The number of hydrogen-bond donors (Lipinski definition) is 2. The molecule has 1 saturated carbocycles. The van der Waals surface area contributed by atoms with E-state index in [-0.39, 0.29) is 0 Å². The Kier molecular flexibility index (Phi) is 6.17. The maximum absolute atomic E-state index is 12.9. The Hall–Kier alpha value is -4.40. The topological polar surface area (TPSA) is 88.8 Å². The minimum absolute atomic E-state index is 0.410. The van der Waals surface area contributed by atoms with E-state index >= 15 is 0 Å². The number of carboxylic acids is 1. The zero-order valence-corrected chi connectivity index (χ0v) is 23.7. The van der Waals surface area contributed by atoms with Crippen molar-refractivity contribution in [1.29, 1.82) is 0 Å². The molecule has 41 heavy (non-hydrogen) atoms. The summed E-state index contributed by atoms with van der Waals surface area (Å²) in [4.78, 5) is 26.8. The van der Waals surface area contributed by atoms with Crippen LogP contribution >= 0.6 is 22.7 Å². The molecule has 0 saturated heterocycles. The highest BCUT2D eigenvalue weighted by Gasteiger charge is 2.53. The number of para-hydroxylation sites is 1. The number of thiophene rings is 2. The van der Waals surface area contributed by atoms with Gasteiger partial charge in [-0.15, -0.1) is 22.7 Å². The minimum atomic E-state index is -0.722. The molecule has 1 aliphatic rings. The second kappa shape index (κ2) is 9.90. The predicted molar refractivity (Wildman–Crippen MR) is 164 cm³/mol. The lowest BCUT2D eigenvalue weighted by atomic mass is 10.1. The summed E-state index contributed by atoms with van der Waals surface area (Å²) in [5.41, 5.74) is 3.36. The number of fused-ring (bicyclic) bond motifs is 2. The molecule has 0 radical (unpaired) electrons. The van der Waals surface area contributed by atoms with Gasteiger partial charge in [0, 0.05) is 30.1 Å². The molecular weight excluding hydrogens is 554 g/mol. The van der Waals surface area contributed by atoms with Crippen LogP contribution in [0.2, 0.25) is 0 Å². The van der Waals surface area contributed by atoms with Crippen LogP contribution in [0.3, 0.4) is 0 Å². The Morgan fingerprint density at radius 2 is 1.59 bits per heavy atom. The van der Waals surface area contributed by atoms with Crippen molar-refractivity contribution >= 4 is 60.8 Å². The van der Waals surface area contributed by atoms with Crippen LogP contribution in [-0.4, -0.2) is 17.2 Å². The van der Waals surface area contributed by atoms with Crippen molar-refractivity contribution in [3.05, 3.63) is 101 Å². The molecular formula is C33H25NO5S2. The Morgan fingerprint density at radius 3 is 2.29 bits per heavy atom. The van der Waals surface area contributed by atoms with Gasteiger partial charge < -0.3 is 14.3 Å². The van der Waals surface area contributed by atoms with Crippen molar-refractivity contribution in [3.63, 3.8) is 0 Å². The molecule has 6 aromatic rings. The first-order valence-corrected chi connectivity index (χ1v) is 15.0. The number of ether oxygens (including phenoxy) is 1. The van der Waals surface area contributed by atoms with Crippen molar-refractivity contribution in [2.75, 3.05) is 5.32 Å². The first-order valence-electron chi connectivity index (χ1n) is 13.3. The van der Waals surface area contributed by atoms with Crippen LogP contribution < -0.4 is 5.32 Å². The molecule has 3 aromatic carbocycles. The number of carboxylic acid groups (broad SMARTS) is 1. The van der Waals surface area contributed by atoms with Gasteiger partial charge in [-0.25, -0.2) is 4.79 Å². The Morgan fingerprint density at radius 1 is 0.902 bits per heavy atom. The summed E-state index contributed by atoms with van der Waals surface area (Å²) in [7, 11) is 0. The largest absolute Gasteiger partial charge is 0.481 e. The number of rotatable bonds is 7. The molecule has 6 nitrogen and oxygen atoms in total. The summed E-state index contributed by atoms with van der Waals surface area (Å²) in [5, 5.41) is 13.4. The lowest BCUT2D eigenvalue weighted by molar-refractivity contribution is -0.139. The summed E-state index contributed by atoms with van der Waals surface area (Å²) in [6.45, 7) is 1.84. The van der Waals surface area contributed by atoms with E-state index in [1.165, 1.54) is 0 Å². The third kappa shape index (κ3) is 4.59. The summed E-state index contributed by atoms with van der Waals surface area (Å²) in [5.74, 6) is -0.164. The van der Waals surface area contributed by atoms with E-state index < -0.39 is 23.6 Å². The number of benzene rings is 3. The molecule has 0 spiro atoms. The molecule has 0 bridgehead atoms. The second-order valence-electron chi connectivity index (χ2n) is 10.3. The smallest absolute Gasteiger partial charge is 0.412 e. The minimum Gasteiger partial charge on any atom is -0.481 e. The van der Waals surface area contributed by atoms with Crippen LogP contribution in [0.15, 0.2) is 95.4 Å². The Balaban J connectivity index is 1.15. The maximum atomic E-state index is 12.9. The standard InChI is InChI=1S/C33H25NO5S2/c1-19(20-7-3-2-4-8-20)38-32(37)34-29-23-9-5-6-10-24(23)39-30(29)22-13-11-21(12-14-22)25-17-26-27(40-25)18-28(41-26)33(15-16-33)31(35)36/h2-14,17-19H,15-16H2,1H3,(H,34,37)(H,35,36)/t19-/m1/s1. The molecule has 7 rings (SSSR count). The van der Waals surface area contributed by atoms with Crippen molar-refractivity contribution in [1.82, 2.24) is 0 Å². The monoisotopic (exact) mass is 579 g/mol. The molecule has 1 amide bonds. The highest BCUT2D eigenvalue weighted by atomic mass is 32.1. The number of aliphatic carboxylic acids is 1. The van der Waals surface area contributed by atoms with Gasteiger partial charge in [-0.2, -0.15) is 0 Å². The number of hydrogen-bond acceptors (Lipinski definition) is 6. The molecule has 8 heteroatoms. The fraction of sp³-hybridized carbons (Fsp3) is 0.152. The zero-order valence-electron chi connectivity index (χ0n) is 22.0. The third-order valence-corrected chi connectivity index (χ3v) is 10.2. The van der Waals surface area contributed by atoms with Gasteiger partial charge in [-0.05, 0) is 55.2 Å². The maximum Gasteiger partial charge on any atom is 0.412 e. The van der Waals surface area contributed by atoms with Crippen LogP contribution in [0.5, 0.6) is 0 Å². The first kappa shape index (κ1) is 25.6. The molecule has 1 atom stereocenters. The number of nitrogens with one attached hydrogen (secondary N) is 1. The van der Waals surface area contributed by atoms with Crippen LogP contribution in [0, 0.1) is 0 Å². The number of anilines is 1. The average molecular weight is 580 g/mol. The Labute approximate surface area is 243 Å². The second-order valence-corrected chi connectivity index (χ2v) is 12.5. The molecule has 0 aliphatic heterocycles. The van der Waals surface area contributed by atoms with Crippen molar-refractivity contribution < 1.29 is 23.8 Å². The molecule has 1 fully saturated rings. The SMILES string of the molecule is C[C@@H](OC(=O)Nc1c(-c2ccc(-c3cc4sc(C5(C(=O)O)CC5)cc4s3)cc2)oc2ccccc12)c1ccccc1. The van der Waals surface area contributed by atoms with Crippen molar-refractivity contribution in [2.24, 2.45) is 0 Å².